The van der Waals surface area contributed by atoms with Crippen LogP contribution in [0.1, 0.15) is 31.7 Å². The molecule has 0 saturated carbocycles. The maximum absolute atomic E-state index is 5.82. The van der Waals surface area contributed by atoms with Crippen LogP contribution in [0.3, 0.4) is 0 Å². The maximum atomic E-state index is 5.82. The van der Waals surface area contributed by atoms with Crippen LogP contribution in [0.25, 0.3) is 5.57 Å². The van der Waals surface area contributed by atoms with E-state index in [-0.39, 0.29) is 0 Å². The highest BCUT2D eigenvalue weighted by Gasteiger charge is 2.10. The van der Waals surface area contributed by atoms with E-state index in [0.29, 0.717) is 0 Å². The molecule has 1 heterocycles. The quantitative estimate of drug-likeness (QED) is 0.759. The van der Waals surface area contributed by atoms with Crippen LogP contribution in [0.4, 0.5) is 0 Å². The second-order valence-corrected chi connectivity index (χ2v) is 4.88. The summed E-state index contributed by atoms with van der Waals surface area (Å²) in [6.07, 6.45) is 3.66. The van der Waals surface area contributed by atoms with E-state index in [0.717, 1.165) is 25.3 Å². The zero-order valence-electron chi connectivity index (χ0n) is 11.3. The number of allylic oxidation sites excluding steroid dienone is 1. The third-order valence-corrected chi connectivity index (χ3v) is 3.54. The molecule has 2 rings (SSSR count). The summed E-state index contributed by atoms with van der Waals surface area (Å²) in [4.78, 5) is 2.47. The Morgan fingerprint density at radius 2 is 2.11 bits per heavy atom. The number of hydrogen-bond donors (Lipinski definition) is 0. The molecule has 1 fully saturated rings. The highest BCUT2D eigenvalue weighted by Crippen LogP contribution is 2.21. The molecule has 2 nitrogen and oxygen atoms in total. The first-order valence-electron chi connectivity index (χ1n) is 6.93. The van der Waals surface area contributed by atoms with Gasteiger partial charge in [0.05, 0.1) is 0 Å². The summed E-state index contributed by atoms with van der Waals surface area (Å²) in [6.45, 7) is 10.5. The fraction of sp³-hybridized carbons (Fsp3) is 0.500. The van der Waals surface area contributed by atoms with Crippen molar-refractivity contribution in [1.82, 2.24) is 4.90 Å². The van der Waals surface area contributed by atoms with Crippen molar-refractivity contribution in [2.24, 2.45) is 0 Å². The van der Waals surface area contributed by atoms with Gasteiger partial charge in [0.25, 0.3) is 0 Å². The Morgan fingerprint density at radius 3 is 2.83 bits per heavy atom. The van der Waals surface area contributed by atoms with Gasteiger partial charge in [-0.25, -0.2) is 0 Å². The van der Waals surface area contributed by atoms with Crippen LogP contribution in [-0.4, -0.2) is 31.1 Å². The second-order valence-electron chi connectivity index (χ2n) is 4.88. The molecule has 0 atom stereocenters. The molecule has 0 unspecified atom stereocenters. The maximum Gasteiger partial charge on any atom is 0.119 e. The van der Waals surface area contributed by atoms with Crippen LogP contribution in [0, 0.1) is 0 Å². The molecule has 1 aromatic rings. The Morgan fingerprint density at radius 1 is 1.33 bits per heavy atom. The molecule has 0 N–H and O–H groups in total. The number of ether oxygens (including phenoxy) is 1. The van der Waals surface area contributed by atoms with Gasteiger partial charge in [-0.05, 0) is 55.6 Å². The number of nitrogens with zero attached hydrogens (tertiary/aromatic N) is 1. The van der Waals surface area contributed by atoms with Crippen molar-refractivity contribution < 1.29 is 4.74 Å². The molecule has 18 heavy (non-hydrogen) atoms. The van der Waals surface area contributed by atoms with Gasteiger partial charge >= 0.3 is 0 Å². The van der Waals surface area contributed by atoms with Crippen molar-refractivity contribution in [2.75, 3.05) is 26.2 Å². The first-order chi connectivity index (χ1) is 8.79. The van der Waals surface area contributed by atoms with Gasteiger partial charge in [0, 0.05) is 6.54 Å². The number of likely N-dealkylation sites (tertiary alicyclic amines) is 1. The van der Waals surface area contributed by atoms with Gasteiger partial charge < -0.3 is 4.74 Å². The summed E-state index contributed by atoms with van der Waals surface area (Å²) in [5.41, 5.74) is 2.36. The Kier molecular flexibility index (Phi) is 4.82. The van der Waals surface area contributed by atoms with Crippen LogP contribution in [0.2, 0.25) is 0 Å². The first-order valence-corrected chi connectivity index (χ1v) is 6.93. The molecule has 0 spiro atoms. The zero-order chi connectivity index (χ0) is 12.8. The largest absolute Gasteiger partial charge is 0.492 e. The summed E-state index contributed by atoms with van der Waals surface area (Å²) >= 11 is 0. The first kappa shape index (κ1) is 13.2. The molecule has 0 radical (unpaired) electrons. The third-order valence-electron chi connectivity index (χ3n) is 3.54. The van der Waals surface area contributed by atoms with Crippen molar-refractivity contribution in [1.29, 1.82) is 0 Å². The predicted molar refractivity (Wildman–Crippen MR) is 76.9 cm³/mol. The van der Waals surface area contributed by atoms with Crippen LogP contribution >= 0.6 is 0 Å². The van der Waals surface area contributed by atoms with E-state index in [9.17, 15) is 0 Å². The second kappa shape index (κ2) is 6.60. The molecule has 2 heteroatoms. The molecule has 0 aliphatic carbocycles. The standard InChI is InChI=1S/C16H23NO/c1-3-14(2)15-7-6-8-16(13-15)18-12-11-17-9-4-5-10-17/h6-8,13H,2-5,9-12H2,1H3. The molecular formula is C16H23NO. The van der Waals surface area contributed by atoms with E-state index in [1.807, 2.05) is 12.1 Å². The van der Waals surface area contributed by atoms with Crippen molar-refractivity contribution >= 4 is 5.57 Å². The van der Waals surface area contributed by atoms with Crippen LogP contribution in [0.15, 0.2) is 30.8 Å². The van der Waals surface area contributed by atoms with Crippen molar-refractivity contribution in [3.63, 3.8) is 0 Å². The lowest BCUT2D eigenvalue weighted by atomic mass is 10.1. The van der Waals surface area contributed by atoms with Gasteiger partial charge in [-0.1, -0.05) is 25.6 Å². The molecule has 0 amide bonds. The minimum Gasteiger partial charge on any atom is -0.492 e. The molecular weight excluding hydrogens is 222 g/mol. The highest BCUT2D eigenvalue weighted by atomic mass is 16.5. The van der Waals surface area contributed by atoms with E-state index < -0.39 is 0 Å². The van der Waals surface area contributed by atoms with Gasteiger partial charge in [-0.2, -0.15) is 0 Å². The summed E-state index contributed by atoms with van der Waals surface area (Å²) in [5.74, 6) is 0.960. The normalized spacial score (nSPS) is 15.8. The summed E-state index contributed by atoms with van der Waals surface area (Å²) < 4.78 is 5.82. The average molecular weight is 245 g/mol. The minimum absolute atomic E-state index is 0.780. The van der Waals surface area contributed by atoms with Crippen molar-refractivity contribution in [3.05, 3.63) is 36.4 Å². The van der Waals surface area contributed by atoms with E-state index >= 15 is 0 Å². The molecule has 1 aliphatic rings. The molecule has 1 aromatic carbocycles. The molecule has 0 aromatic heterocycles. The van der Waals surface area contributed by atoms with Gasteiger partial charge in [-0.3, -0.25) is 4.90 Å². The van der Waals surface area contributed by atoms with Crippen LogP contribution in [0.5, 0.6) is 5.75 Å². The van der Waals surface area contributed by atoms with E-state index in [1.165, 1.54) is 37.1 Å². The van der Waals surface area contributed by atoms with Gasteiger partial charge in [-0.15, -0.1) is 0 Å². The molecule has 1 aliphatic heterocycles. The van der Waals surface area contributed by atoms with Gasteiger partial charge in [0.1, 0.15) is 12.4 Å². The molecule has 98 valence electrons. The number of rotatable bonds is 6. The minimum atomic E-state index is 0.780. The SMILES string of the molecule is C=C(CC)c1cccc(OCCN2CCCC2)c1. The predicted octanol–water partition coefficient (Wildman–Crippen LogP) is 3.58. The Labute approximate surface area is 110 Å². The summed E-state index contributed by atoms with van der Waals surface area (Å²) in [5, 5.41) is 0. The lowest BCUT2D eigenvalue weighted by Crippen LogP contribution is -2.25. The van der Waals surface area contributed by atoms with Crippen molar-refractivity contribution in [3.8, 4) is 5.75 Å². The monoisotopic (exact) mass is 245 g/mol. The smallest absolute Gasteiger partial charge is 0.119 e. The van der Waals surface area contributed by atoms with Gasteiger partial charge in [0.15, 0.2) is 0 Å². The van der Waals surface area contributed by atoms with E-state index in [4.69, 9.17) is 4.74 Å². The number of benzene rings is 1. The molecule has 0 bridgehead atoms. The summed E-state index contributed by atoms with van der Waals surface area (Å²) in [6, 6.07) is 8.26. The average Bonchev–Trinajstić information content (AvgIpc) is 2.91. The topological polar surface area (TPSA) is 12.5 Å². The highest BCUT2D eigenvalue weighted by molar-refractivity contribution is 5.64. The Balaban J connectivity index is 1.83. The fourth-order valence-electron chi connectivity index (χ4n) is 2.31. The lowest BCUT2D eigenvalue weighted by Gasteiger charge is -2.15. The Hall–Kier alpha value is -1.28. The Bertz CT molecular complexity index is 394. The van der Waals surface area contributed by atoms with Crippen LogP contribution in [-0.2, 0) is 0 Å². The third kappa shape index (κ3) is 3.61. The summed E-state index contributed by atoms with van der Waals surface area (Å²) in [7, 11) is 0. The lowest BCUT2D eigenvalue weighted by molar-refractivity contribution is 0.238. The van der Waals surface area contributed by atoms with Crippen LogP contribution < -0.4 is 4.74 Å². The zero-order valence-corrected chi connectivity index (χ0v) is 11.3. The fourth-order valence-corrected chi connectivity index (χ4v) is 2.31. The number of hydrogen-bond acceptors (Lipinski definition) is 2. The molecule has 1 saturated heterocycles. The van der Waals surface area contributed by atoms with Gasteiger partial charge in [0.2, 0.25) is 0 Å². The van der Waals surface area contributed by atoms with E-state index in [2.05, 4.69) is 30.5 Å². The van der Waals surface area contributed by atoms with Crippen molar-refractivity contribution in [2.45, 2.75) is 26.2 Å². The van der Waals surface area contributed by atoms with E-state index in [1.54, 1.807) is 0 Å².